The maximum absolute atomic E-state index is 14.2. The number of nitrogens with one attached hydrogen (secondary N) is 2. The number of hydrogen-bond donors (Lipinski definition) is 3. The van der Waals surface area contributed by atoms with Gasteiger partial charge < -0.3 is 44.2 Å². The summed E-state index contributed by atoms with van der Waals surface area (Å²) in [4.78, 5) is 24.7. The second-order valence-electron chi connectivity index (χ2n) is 12.9. The van der Waals surface area contributed by atoms with E-state index in [1.807, 2.05) is 44.2 Å². The van der Waals surface area contributed by atoms with E-state index in [-0.39, 0.29) is 50.3 Å². The molecule has 2 amide bonds. The Morgan fingerprint density at radius 1 is 1.08 bits per heavy atom. The predicted molar refractivity (Wildman–Crippen MR) is 172 cm³/mol. The smallest absolute Gasteiger partial charge is 0.407 e. The van der Waals surface area contributed by atoms with Gasteiger partial charge >= 0.3 is 12.2 Å². The van der Waals surface area contributed by atoms with Crippen LogP contribution in [0.5, 0.6) is 11.5 Å². The van der Waals surface area contributed by atoms with Gasteiger partial charge in [-0.25, -0.2) is 18.0 Å². The average Bonchev–Trinajstić information content (AvgIpc) is 3.81. The van der Waals surface area contributed by atoms with Crippen molar-refractivity contribution >= 4 is 22.2 Å². The number of fused-ring (bicyclic) bond motifs is 2. The topological polar surface area (TPSA) is 171 Å². The minimum absolute atomic E-state index is 0.0171. The molecule has 0 bridgehead atoms. The lowest BCUT2D eigenvalue weighted by Gasteiger charge is -2.35. The lowest BCUT2D eigenvalue weighted by Crippen LogP contribution is -2.52. The standard InChI is InChI=1S/C33H45N3O11S/c1-33(2,13-7-14-43-31(38)34-3)20-36(48(40,41)23-10-11-27-28(17-23)46-21-45-27)18-26(37)25(16-22-8-5-4-6-9-22)35-32(39)47-29-19-44-30-24(29)12-15-42-30/h4-6,8-11,17,24-26,29-30,37H,7,12-16,18-21H2,1-3H3,(H,34,38)(H,35,39). The number of hydrogen-bond acceptors (Lipinski definition) is 11. The highest BCUT2D eigenvalue weighted by Gasteiger charge is 2.44. The van der Waals surface area contributed by atoms with E-state index in [1.54, 1.807) is 0 Å². The van der Waals surface area contributed by atoms with Gasteiger partial charge in [0, 0.05) is 26.2 Å². The van der Waals surface area contributed by atoms with E-state index < -0.39 is 52.2 Å². The molecule has 0 aliphatic carbocycles. The number of aliphatic hydroxyl groups excluding tert-OH is 1. The highest BCUT2D eigenvalue weighted by molar-refractivity contribution is 7.89. The Bertz CT molecular complexity index is 1510. The molecule has 5 atom stereocenters. The summed E-state index contributed by atoms with van der Waals surface area (Å²) in [5.74, 6) is 0.671. The number of alkyl carbamates (subject to hydrolysis) is 2. The van der Waals surface area contributed by atoms with Crippen LogP contribution in [-0.2, 0) is 35.4 Å². The van der Waals surface area contributed by atoms with Crippen LogP contribution in [0.15, 0.2) is 53.4 Å². The highest BCUT2D eigenvalue weighted by atomic mass is 32.2. The highest BCUT2D eigenvalue weighted by Crippen LogP contribution is 2.36. The van der Waals surface area contributed by atoms with Gasteiger partial charge in [-0.2, -0.15) is 4.31 Å². The van der Waals surface area contributed by atoms with Crippen molar-refractivity contribution in [3.8, 4) is 11.5 Å². The molecule has 2 aromatic rings. The molecule has 0 radical (unpaired) electrons. The molecular weight excluding hydrogens is 646 g/mol. The van der Waals surface area contributed by atoms with Gasteiger partial charge in [-0.1, -0.05) is 44.2 Å². The minimum Gasteiger partial charge on any atom is -0.454 e. The van der Waals surface area contributed by atoms with Gasteiger partial charge in [-0.15, -0.1) is 0 Å². The second kappa shape index (κ2) is 15.7. The molecular formula is C33H45N3O11S. The van der Waals surface area contributed by atoms with Crippen molar-refractivity contribution in [1.29, 1.82) is 0 Å². The van der Waals surface area contributed by atoms with Crippen LogP contribution >= 0.6 is 0 Å². The Labute approximate surface area is 281 Å². The Balaban J connectivity index is 1.35. The van der Waals surface area contributed by atoms with E-state index in [9.17, 15) is 23.1 Å². The molecule has 5 rings (SSSR count). The van der Waals surface area contributed by atoms with Crippen molar-refractivity contribution in [2.75, 3.05) is 46.8 Å². The second-order valence-corrected chi connectivity index (χ2v) is 14.9. The number of nitrogens with zero attached hydrogens (tertiary/aromatic N) is 1. The molecule has 48 heavy (non-hydrogen) atoms. The maximum Gasteiger partial charge on any atom is 0.407 e. The van der Waals surface area contributed by atoms with Gasteiger partial charge in [0.05, 0.1) is 42.8 Å². The fraction of sp³-hybridized carbons (Fsp3) is 0.576. The molecule has 3 N–H and O–H groups in total. The van der Waals surface area contributed by atoms with Crippen LogP contribution in [0.2, 0.25) is 0 Å². The molecule has 2 aromatic carbocycles. The number of benzene rings is 2. The van der Waals surface area contributed by atoms with Crippen LogP contribution in [0.4, 0.5) is 9.59 Å². The first-order chi connectivity index (χ1) is 22.9. The lowest BCUT2D eigenvalue weighted by molar-refractivity contribution is -0.0907. The number of aliphatic hydroxyl groups is 1. The molecule has 5 unspecified atom stereocenters. The first-order valence-corrected chi connectivity index (χ1v) is 17.6. The van der Waals surface area contributed by atoms with Crippen LogP contribution in [0.3, 0.4) is 0 Å². The monoisotopic (exact) mass is 691 g/mol. The van der Waals surface area contributed by atoms with Crippen LogP contribution in [0.25, 0.3) is 0 Å². The summed E-state index contributed by atoms with van der Waals surface area (Å²) >= 11 is 0. The molecule has 264 valence electrons. The van der Waals surface area contributed by atoms with Gasteiger partial charge in [-0.05, 0) is 48.8 Å². The summed E-state index contributed by atoms with van der Waals surface area (Å²) in [5, 5.41) is 16.9. The van der Waals surface area contributed by atoms with Crippen molar-refractivity contribution in [3.63, 3.8) is 0 Å². The Hall–Kier alpha value is -3.63. The number of sulfonamides is 1. The van der Waals surface area contributed by atoms with Crippen molar-refractivity contribution in [1.82, 2.24) is 14.9 Å². The Morgan fingerprint density at radius 3 is 2.62 bits per heavy atom. The number of ether oxygens (including phenoxy) is 6. The number of carbonyl (C=O) groups excluding carboxylic acids is 2. The van der Waals surface area contributed by atoms with Gasteiger partial charge in [0.15, 0.2) is 17.8 Å². The Kier molecular flexibility index (Phi) is 11.7. The van der Waals surface area contributed by atoms with E-state index in [0.29, 0.717) is 37.4 Å². The maximum atomic E-state index is 14.2. The van der Waals surface area contributed by atoms with E-state index in [1.165, 1.54) is 29.6 Å². The van der Waals surface area contributed by atoms with Gasteiger partial charge in [-0.3, -0.25) is 0 Å². The molecule has 14 nitrogen and oxygen atoms in total. The fourth-order valence-corrected chi connectivity index (χ4v) is 7.80. The first-order valence-electron chi connectivity index (χ1n) is 16.1. The molecule has 2 fully saturated rings. The van der Waals surface area contributed by atoms with E-state index in [2.05, 4.69) is 10.6 Å². The fourth-order valence-electron chi connectivity index (χ4n) is 6.14. The van der Waals surface area contributed by atoms with E-state index >= 15 is 0 Å². The third-order valence-corrected chi connectivity index (χ3v) is 10.5. The molecule has 3 aliphatic heterocycles. The third kappa shape index (κ3) is 9.08. The van der Waals surface area contributed by atoms with Gasteiger partial charge in [0.2, 0.25) is 16.8 Å². The van der Waals surface area contributed by atoms with Crippen LogP contribution in [0.1, 0.15) is 38.7 Å². The van der Waals surface area contributed by atoms with Crippen LogP contribution in [-0.4, -0.2) is 101 Å². The van der Waals surface area contributed by atoms with Crippen molar-refractivity contribution < 1.29 is 51.5 Å². The summed E-state index contributed by atoms with van der Waals surface area (Å²) in [6.07, 6.45) is -1.59. The Morgan fingerprint density at radius 2 is 1.85 bits per heavy atom. The SMILES string of the molecule is CNC(=O)OCCCC(C)(C)CN(CC(O)C(Cc1ccccc1)NC(=O)OC1COC2OCCC12)S(=O)(=O)c1ccc2c(c1)OCO2. The van der Waals surface area contributed by atoms with E-state index in [0.717, 1.165) is 5.56 Å². The molecule has 3 aliphatic rings. The molecule has 0 spiro atoms. The largest absolute Gasteiger partial charge is 0.454 e. The summed E-state index contributed by atoms with van der Waals surface area (Å²) in [5.41, 5.74) is 0.232. The quantitative estimate of drug-likeness (QED) is 0.235. The predicted octanol–water partition coefficient (Wildman–Crippen LogP) is 3.03. The number of carbonyl (C=O) groups is 2. The normalized spacial score (nSPS) is 21.4. The number of rotatable bonds is 15. The van der Waals surface area contributed by atoms with E-state index in [4.69, 9.17) is 28.4 Å². The van der Waals surface area contributed by atoms with Gasteiger partial charge in [0.1, 0.15) is 6.10 Å². The number of amides is 2. The summed E-state index contributed by atoms with van der Waals surface area (Å²) in [6, 6.07) is 12.8. The lowest BCUT2D eigenvalue weighted by atomic mass is 9.87. The molecule has 2 saturated heterocycles. The summed E-state index contributed by atoms with van der Waals surface area (Å²) in [7, 11) is -2.72. The van der Waals surface area contributed by atoms with Crippen LogP contribution < -0.4 is 20.1 Å². The molecule has 0 saturated carbocycles. The summed E-state index contributed by atoms with van der Waals surface area (Å²) < 4.78 is 62.5. The molecule has 0 aromatic heterocycles. The van der Waals surface area contributed by atoms with Crippen molar-refractivity contribution in [3.05, 3.63) is 54.1 Å². The first kappa shape index (κ1) is 35.7. The van der Waals surface area contributed by atoms with Crippen molar-refractivity contribution in [2.24, 2.45) is 11.3 Å². The zero-order valence-electron chi connectivity index (χ0n) is 27.5. The summed E-state index contributed by atoms with van der Waals surface area (Å²) in [6.45, 7) is 4.37. The van der Waals surface area contributed by atoms with Crippen molar-refractivity contribution in [2.45, 2.75) is 69.0 Å². The molecule has 15 heteroatoms. The van der Waals surface area contributed by atoms with Crippen LogP contribution in [0, 0.1) is 11.3 Å². The average molecular weight is 692 g/mol. The zero-order valence-corrected chi connectivity index (χ0v) is 28.3. The zero-order chi connectivity index (χ0) is 34.3. The molecule has 3 heterocycles. The third-order valence-electron chi connectivity index (χ3n) is 8.72. The van der Waals surface area contributed by atoms with Gasteiger partial charge in [0.25, 0.3) is 0 Å². The minimum atomic E-state index is -4.19.